The highest BCUT2D eigenvalue weighted by atomic mass is 16.6. The van der Waals surface area contributed by atoms with E-state index in [4.69, 9.17) is 9.47 Å². The smallest absolute Gasteiger partial charge is 0.411 e. The van der Waals surface area contributed by atoms with Gasteiger partial charge in [0.05, 0.1) is 5.69 Å². The van der Waals surface area contributed by atoms with Crippen LogP contribution in [0.2, 0.25) is 0 Å². The fourth-order valence-electron chi connectivity index (χ4n) is 4.18. The Labute approximate surface area is 221 Å². The van der Waals surface area contributed by atoms with E-state index in [0.29, 0.717) is 6.54 Å². The summed E-state index contributed by atoms with van der Waals surface area (Å²) in [6.07, 6.45) is 0.851. The zero-order chi connectivity index (χ0) is 26.8. The lowest BCUT2D eigenvalue weighted by Crippen LogP contribution is -2.43. The number of nitrogens with zero attached hydrogens (tertiary/aromatic N) is 3. The van der Waals surface area contributed by atoms with Gasteiger partial charge in [-0.15, -0.1) is 0 Å². The van der Waals surface area contributed by atoms with Crippen molar-refractivity contribution in [2.75, 3.05) is 58.7 Å². The highest BCUT2D eigenvalue weighted by Crippen LogP contribution is 2.28. The number of amides is 2. The molecule has 1 fully saturated rings. The van der Waals surface area contributed by atoms with Gasteiger partial charge in [-0.1, -0.05) is 48.5 Å². The molecule has 0 radical (unpaired) electrons. The van der Waals surface area contributed by atoms with Crippen molar-refractivity contribution in [2.45, 2.75) is 45.3 Å². The van der Waals surface area contributed by atoms with Crippen molar-refractivity contribution >= 4 is 17.9 Å². The number of piperidine rings is 1. The fraction of sp³-hybridized carbons (Fsp3) is 0.517. The highest BCUT2D eigenvalue weighted by molar-refractivity contribution is 5.91. The monoisotopic (exact) mass is 510 g/mol. The number of carbonyl (C=O) groups is 2. The lowest BCUT2D eigenvalue weighted by molar-refractivity contribution is 0.0284. The van der Waals surface area contributed by atoms with E-state index in [2.05, 4.69) is 22.2 Å². The lowest BCUT2D eigenvalue weighted by Gasteiger charge is -2.33. The van der Waals surface area contributed by atoms with Crippen LogP contribution in [0, 0.1) is 0 Å². The maximum absolute atomic E-state index is 12.6. The fourth-order valence-corrected chi connectivity index (χ4v) is 4.18. The van der Waals surface area contributed by atoms with Gasteiger partial charge in [0.25, 0.3) is 0 Å². The zero-order valence-corrected chi connectivity index (χ0v) is 22.9. The largest absolute Gasteiger partial charge is 0.446 e. The van der Waals surface area contributed by atoms with Crippen molar-refractivity contribution in [3.63, 3.8) is 0 Å². The van der Waals surface area contributed by atoms with Gasteiger partial charge in [-0.25, -0.2) is 9.59 Å². The Kier molecular flexibility index (Phi) is 10.3. The molecule has 1 saturated heterocycles. The molecule has 1 heterocycles. The second-order valence-electron chi connectivity index (χ2n) is 10.7. The molecule has 8 nitrogen and oxygen atoms in total. The number of nitrogens with one attached hydrogen (secondary N) is 1. The Morgan fingerprint density at radius 2 is 1.59 bits per heavy atom. The van der Waals surface area contributed by atoms with Crippen LogP contribution in [0.4, 0.5) is 15.3 Å². The minimum absolute atomic E-state index is 0.0830. The summed E-state index contributed by atoms with van der Waals surface area (Å²) >= 11 is 0. The van der Waals surface area contributed by atoms with Gasteiger partial charge in [0.2, 0.25) is 0 Å². The van der Waals surface area contributed by atoms with E-state index in [0.717, 1.165) is 62.4 Å². The molecule has 37 heavy (non-hydrogen) atoms. The first-order valence-corrected chi connectivity index (χ1v) is 13.1. The SMILES string of the molecule is CN(CCN1CCC(OC(=O)Nc2ccccc2-c2ccccc2)CC1)CCN(C)C(=O)OC(C)(C)C. The topological polar surface area (TPSA) is 74.4 Å². The molecule has 2 aromatic carbocycles. The molecule has 1 aliphatic heterocycles. The number of carbonyl (C=O) groups excluding carboxylic acids is 2. The maximum Gasteiger partial charge on any atom is 0.411 e. The van der Waals surface area contributed by atoms with Crippen molar-refractivity contribution in [1.82, 2.24) is 14.7 Å². The molecule has 0 saturated carbocycles. The Morgan fingerprint density at radius 3 is 2.27 bits per heavy atom. The Morgan fingerprint density at radius 1 is 0.946 bits per heavy atom. The van der Waals surface area contributed by atoms with Crippen LogP contribution in [0.15, 0.2) is 54.6 Å². The first-order valence-electron chi connectivity index (χ1n) is 13.1. The number of hydrogen-bond acceptors (Lipinski definition) is 6. The molecule has 0 bridgehead atoms. The van der Waals surface area contributed by atoms with Gasteiger partial charge in [0.15, 0.2) is 0 Å². The van der Waals surface area contributed by atoms with Crippen molar-refractivity contribution in [3.8, 4) is 11.1 Å². The van der Waals surface area contributed by atoms with Gasteiger partial charge >= 0.3 is 12.2 Å². The van der Waals surface area contributed by atoms with Gasteiger partial charge in [0, 0.05) is 51.9 Å². The third kappa shape index (κ3) is 9.70. The van der Waals surface area contributed by atoms with Gasteiger partial charge in [-0.2, -0.15) is 0 Å². The van der Waals surface area contributed by atoms with E-state index < -0.39 is 11.7 Å². The molecule has 202 valence electrons. The number of likely N-dealkylation sites (N-methyl/N-ethyl adjacent to an activating group) is 2. The van der Waals surface area contributed by atoms with Crippen LogP contribution in [-0.2, 0) is 9.47 Å². The minimum Gasteiger partial charge on any atom is -0.446 e. The van der Waals surface area contributed by atoms with E-state index in [1.807, 2.05) is 75.4 Å². The molecule has 0 atom stereocenters. The van der Waals surface area contributed by atoms with Crippen LogP contribution in [0.3, 0.4) is 0 Å². The summed E-state index contributed by atoms with van der Waals surface area (Å²) in [5, 5.41) is 2.93. The van der Waals surface area contributed by atoms with E-state index in [1.54, 1.807) is 11.9 Å². The summed E-state index contributed by atoms with van der Waals surface area (Å²) in [7, 11) is 3.83. The quantitative estimate of drug-likeness (QED) is 0.502. The number of hydrogen-bond donors (Lipinski definition) is 1. The minimum atomic E-state index is -0.486. The molecule has 0 spiro atoms. The summed E-state index contributed by atoms with van der Waals surface area (Å²) in [6.45, 7) is 10.6. The maximum atomic E-state index is 12.6. The predicted molar refractivity (Wildman–Crippen MR) is 148 cm³/mol. The van der Waals surface area contributed by atoms with Gasteiger partial charge in [-0.3, -0.25) is 5.32 Å². The van der Waals surface area contributed by atoms with E-state index in [9.17, 15) is 9.59 Å². The zero-order valence-electron chi connectivity index (χ0n) is 22.9. The van der Waals surface area contributed by atoms with Crippen LogP contribution in [0.5, 0.6) is 0 Å². The molecule has 1 aliphatic rings. The summed E-state index contributed by atoms with van der Waals surface area (Å²) in [6, 6.07) is 17.8. The first kappa shape index (κ1) is 28.5. The Hall–Kier alpha value is -3.10. The average Bonchev–Trinajstić information content (AvgIpc) is 2.86. The normalized spacial score (nSPS) is 14.9. The molecule has 0 aromatic heterocycles. The number of rotatable bonds is 9. The molecule has 1 N–H and O–H groups in total. The van der Waals surface area contributed by atoms with E-state index >= 15 is 0 Å². The number of likely N-dealkylation sites (tertiary alicyclic amines) is 1. The standard InChI is InChI=1S/C29H42N4O4/c1-29(2,3)37-28(35)32(5)21-19-31(4)20-22-33-17-15-24(16-18-33)36-27(34)30-26-14-10-9-13-25(26)23-11-7-6-8-12-23/h6-14,24H,15-22H2,1-5H3,(H,30,34). The summed E-state index contributed by atoms with van der Waals surface area (Å²) in [5.74, 6) is 0. The van der Waals surface area contributed by atoms with Crippen LogP contribution in [0.1, 0.15) is 33.6 Å². The molecule has 2 amide bonds. The molecule has 0 unspecified atom stereocenters. The summed E-state index contributed by atoms with van der Waals surface area (Å²) < 4.78 is 11.1. The van der Waals surface area contributed by atoms with Crippen LogP contribution in [-0.4, -0.2) is 92.0 Å². The molecule has 2 aromatic rings. The number of para-hydroxylation sites is 1. The molecule has 8 heteroatoms. The number of ether oxygens (including phenoxy) is 2. The van der Waals surface area contributed by atoms with Crippen molar-refractivity contribution in [1.29, 1.82) is 0 Å². The highest BCUT2D eigenvalue weighted by Gasteiger charge is 2.23. The average molecular weight is 511 g/mol. The van der Waals surface area contributed by atoms with Crippen molar-refractivity contribution < 1.29 is 19.1 Å². The summed E-state index contributed by atoms with van der Waals surface area (Å²) in [5.41, 5.74) is 2.28. The van der Waals surface area contributed by atoms with E-state index in [-0.39, 0.29) is 12.2 Å². The molecular weight excluding hydrogens is 468 g/mol. The first-order chi connectivity index (χ1) is 17.6. The van der Waals surface area contributed by atoms with Crippen LogP contribution >= 0.6 is 0 Å². The molecule has 3 rings (SSSR count). The van der Waals surface area contributed by atoms with Gasteiger partial charge in [0.1, 0.15) is 11.7 Å². The van der Waals surface area contributed by atoms with Crippen molar-refractivity contribution in [3.05, 3.63) is 54.6 Å². The third-order valence-electron chi connectivity index (χ3n) is 6.38. The number of anilines is 1. The van der Waals surface area contributed by atoms with E-state index in [1.165, 1.54) is 0 Å². The molecule has 0 aliphatic carbocycles. The summed E-state index contributed by atoms with van der Waals surface area (Å²) in [4.78, 5) is 31.0. The molecular formula is C29H42N4O4. The Bertz CT molecular complexity index is 1000. The lowest BCUT2D eigenvalue weighted by atomic mass is 10.0. The van der Waals surface area contributed by atoms with Crippen LogP contribution < -0.4 is 5.32 Å². The predicted octanol–water partition coefficient (Wildman–Crippen LogP) is 5.17. The van der Waals surface area contributed by atoms with Crippen LogP contribution in [0.25, 0.3) is 11.1 Å². The van der Waals surface area contributed by atoms with Gasteiger partial charge < -0.3 is 24.2 Å². The number of benzene rings is 2. The third-order valence-corrected chi connectivity index (χ3v) is 6.38. The van der Waals surface area contributed by atoms with Crippen molar-refractivity contribution in [2.24, 2.45) is 0 Å². The Balaban J connectivity index is 1.35. The second-order valence-corrected chi connectivity index (χ2v) is 10.7. The van der Waals surface area contributed by atoms with Gasteiger partial charge in [-0.05, 0) is 52.3 Å². The second kappa shape index (κ2) is 13.4.